The number of benzene rings is 1. The van der Waals surface area contributed by atoms with Crippen molar-refractivity contribution in [1.29, 1.82) is 0 Å². The SMILES string of the molecule is NC1(c2ccc(N3CCOCC3)c(Br)c2)CC1. The molecule has 0 aromatic heterocycles. The van der Waals surface area contributed by atoms with E-state index < -0.39 is 0 Å². The van der Waals surface area contributed by atoms with Gasteiger partial charge in [0.2, 0.25) is 0 Å². The standard InChI is InChI=1S/C13H17BrN2O/c14-11-9-10(13(15)3-4-13)1-2-12(11)16-5-7-17-8-6-16/h1-2,9H,3-8,15H2. The van der Waals surface area contributed by atoms with Crippen LogP contribution in [0.25, 0.3) is 0 Å². The van der Waals surface area contributed by atoms with E-state index in [4.69, 9.17) is 10.5 Å². The van der Waals surface area contributed by atoms with Crippen LogP contribution in [0.3, 0.4) is 0 Å². The molecule has 0 bridgehead atoms. The van der Waals surface area contributed by atoms with Gasteiger partial charge in [-0.1, -0.05) is 6.07 Å². The van der Waals surface area contributed by atoms with Crippen LogP contribution < -0.4 is 10.6 Å². The van der Waals surface area contributed by atoms with Gasteiger partial charge in [-0.2, -0.15) is 0 Å². The summed E-state index contributed by atoms with van der Waals surface area (Å²) in [6.07, 6.45) is 2.21. The highest BCUT2D eigenvalue weighted by molar-refractivity contribution is 9.10. The van der Waals surface area contributed by atoms with E-state index in [0.717, 1.165) is 43.6 Å². The number of hydrogen-bond acceptors (Lipinski definition) is 3. The Labute approximate surface area is 110 Å². The van der Waals surface area contributed by atoms with Crippen LogP contribution >= 0.6 is 15.9 Å². The second kappa shape index (κ2) is 4.26. The van der Waals surface area contributed by atoms with E-state index >= 15 is 0 Å². The largest absolute Gasteiger partial charge is 0.378 e. The summed E-state index contributed by atoms with van der Waals surface area (Å²) >= 11 is 3.66. The molecule has 2 fully saturated rings. The second-order valence-electron chi connectivity index (χ2n) is 4.92. The van der Waals surface area contributed by atoms with E-state index in [-0.39, 0.29) is 5.54 Å². The minimum Gasteiger partial charge on any atom is -0.378 e. The molecule has 0 amide bonds. The minimum atomic E-state index is -0.0495. The van der Waals surface area contributed by atoms with Crippen LogP contribution in [-0.4, -0.2) is 26.3 Å². The average molecular weight is 297 g/mol. The van der Waals surface area contributed by atoms with Crippen molar-refractivity contribution < 1.29 is 4.74 Å². The molecule has 2 aliphatic rings. The van der Waals surface area contributed by atoms with E-state index in [1.54, 1.807) is 0 Å². The maximum absolute atomic E-state index is 6.21. The lowest BCUT2D eigenvalue weighted by Crippen LogP contribution is -2.36. The van der Waals surface area contributed by atoms with E-state index in [2.05, 4.69) is 39.0 Å². The molecule has 1 saturated carbocycles. The molecular weight excluding hydrogens is 280 g/mol. The lowest BCUT2D eigenvalue weighted by atomic mass is 10.1. The van der Waals surface area contributed by atoms with Crippen LogP contribution in [-0.2, 0) is 10.3 Å². The van der Waals surface area contributed by atoms with Crippen LogP contribution in [0, 0.1) is 0 Å². The number of halogens is 1. The van der Waals surface area contributed by atoms with Crippen molar-refractivity contribution in [2.75, 3.05) is 31.2 Å². The molecule has 92 valence electrons. The molecule has 1 aliphatic heterocycles. The fourth-order valence-corrected chi connectivity index (χ4v) is 2.93. The summed E-state index contributed by atoms with van der Waals surface area (Å²) in [6.45, 7) is 3.56. The van der Waals surface area contributed by atoms with Crippen LogP contribution in [0.15, 0.2) is 22.7 Å². The predicted molar refractivity (Wildman–Crippen MR) is 72.3 cm³/mol. The third-order valence-corrected chi connectivity index (χ3v) is 4.30. The topological polar surface area (TPSA) is 38.5 Å². The Bertz CT molecular complexity index is 425. The maximum Gasteiger partial charge on any atom is 0.0642 e. The Morgan fingerprint density at radius 2 is 1.94 bits per heavy atom. The third kappa shape index (κ3) is 2.21. The summed E-state index contributed by atoms with van der Waals surface area (Å²) in [7, 11) is 0. The van der Waals surface area contributed by atoms with Crippen molar-refractivity contribution in [3.05, 3.63) is 28.2 Å². The van der Waals surface area contributed by atoms with Crippen molar-refractivity contribution in [2.24, 2.45) is 5.73 Å². The van der Waals surface area contributed by atoms with Gasteiger partial charge in [-0.3, -0.25) is 0 Å². The third-order valence-electron chi connectivity index (χ3n) is 3.66. The smallest absolute Gasteiger partial charge is 0.0642 e. The normalized spacial score (nSPS) is 22.6. The van der Waals surface area contributed by atoms with Gasteiger partial charge in [-0.15, -0.1) is 0 Å². The van der Waals surface area contributed by atoms with Gasteiger partial charge < -0.3 is 15.4 Å². The van der Waals surface area contributed by atoms with E-state index in [1.807, 2.05) is 0 Å². The molecule has 4 heteroatoms. The van der Waals surface area contributed by atoms with Crippen LogP contribution in [0.5, 0.6) is 0 Å². The summed E-state index contributed by atoms with van der Waals surface area (Å²) in [5.41, 5.74) is 8.66. The predicted octanol–water partition coefficient (Wildman–Crippen LogP) is 2.23. The molecule has 17 heavy (non-hydrogen) atoms. The Kier molecular flexibility index (Phi) is 2.89. The minimum absolute atomic E-state index is 0.0495. The number of nitrogens with zero attached hydrogens (tertiary/aromatic N) is 1. The van der Waals surface area contributed by atoms with Gasteiger partial charge in [-0.25, -0.2) is 0 Å². The first-order valence-electron chi connectivity index (χ1n) is 6.11. The van der Waals surface area contributed by atoms with Crippen LogP contribution in [0.1, 0.15) is 18.4 Å². The van der Waals surface area contributed by atoms with Crippen LogP contribution in [0.2, 0.25) is 0 Å². The number of ether oxygens (including phenoxy) is 1. The summed E-state index contributed by atoms with van der Waals surface area (Å²) in [4.78, 5) is 2.35. The first-order chi connectivity index (χ1) is 8.19. The molecule has 0 spiro atoms. The zero-order chi connectivity index (χ0) is 11.9. The first kappa shape index (κ1) is 11.5. The zero-order valence-corrected chi connectivity index (χ0v) is 11.4. The molecule has 1 heterocycles. The summed E-state index contributed by atoms with van der Waals surface area (Å²) in [6, 6.07) is 6.53. The quantitative estimate of drug-likeness (QED) is 0.910. The van der Waals surface area contributed by atoms with Crippen molar-refractivity contribution in [3.8, 4) is 0 Å². The highest BCUT2D eigenvalue weighted by atomic mass is 79.9. The molecular formula is C13H17BrN2O. The lowest BCUT2D eigenvalue weighted by molar-refractivity contribution is 0.122. The van der Waals surface area contributed by atoms with Crippen molar-refractivity contribution in [3.63, 3.8) is 0 Å². The number of anilines is 1. The number of morpholine rings is 1. The van der Waals surface area contributed by atoms with E-state index in [1.165, 1.54) is 11.3 Å². The summed E-state index contributed by atoms with van der Waals surface area (Å²) in [5, 5.41) is 0. The van der Waals surface area contributed by atoms with Gasteiger partial charge in [0.05, 0.1) is 18.9 Å². The number of nitrogens with two attached hydrogens (primary N) is 1. The van der Waals surface area contributed by atoms with Gasteiger partial charge in [0.25, 0.3) is 0 Å². The van der Waals surface area contributed by atoms with E-state index in [9.17, 15) is 0 Å². The highest BCUT2D eigenvalue weighted by Crippen LogP contribution is 2.44. The zero-order valence-electron chi connectivity index (χ0n) is 9.79. The second-order valence-corrected chi connectivity index (χ2v) is 5.78. The fraction of sp³-hybridized carbons (Fsp3) is 0.538. The Morgan fingerprint density at radius 3 is 2.53 bits per heavy atom. The molecule has 3 nitrogen and oxygen atoms in total. The van der Waals surface area contributed by atoms with Crippen molar-refractivity contribution >= 4 is 21.6 Å². The molecule has 2 N–H and O–H groups in total. The maximum atomic E-state index is 6.21. The molecule has 1 aromatic carbocycles. The van der Waals surface area contributed by atoms with Gasteiger partial charge in [0.15, 0.2) is 0 Å². The number of rotatable bonds is 2. The van der Waals surface area contributed by atoms with Crippen molar-refractivity contribution in [1.82, 2.24) is 0 Å². The average Bonchev–Trinajstić information content (AvgIpc) is 3.10. The van der Waals surface area contributed by atoms with Gasteiger partial charge in [0.1, 0.15) is 0 Å². The molecule has 1 saturated heterocycles. The molecule has 1 aromatic rings. The highest BCUT2D eigenvalue weighted by Gasteiger charge is 2.40. The monoisotopic (exact) mass is 296 g/mol. The van der Waals surface area contributed by atoms with Gasteiger partial charge in [-0.05, 0) is 46.5 Å². The van der Waals surface area contributed by atoms with Crippen molar-refractivity contribution in [2.45, 2.75) is 18.4 Å². The molecule has 0 radical (unpaired) electrons. The van der Waals surface area contributed by atoms with Gasteiger partial charge in [0, 0.05) is 23.1 Å². The van der Waals surface area contributed by atoms with Crippen LogP contribution in [0.4, 0.5) is 5.69 Å². The fourth-order valence-electron chi connectivity index (χ4n) is 2.30. The number of hydrogen-bond donors (Lipinski definition) is 1. The Balaban J connectivity index is 1.85. The Hall–Kier alpha value is -0.580. The van der Waals surface area contributed by atoms with Gasteiger partial charge >= 0.3 is 0 Å². The summed E-state index contributed by atoms with van der Waals surface area (Å²) < 4.78 is 6.52. The first-order valence-corrected chi connectivity index (χ1v) is 6.90. The molecule has 0 atom stereocenters. The molecule has 1 aliphatic carbocycles. The van der Waals surface area contributed by atoms with E-state index in [0.29, 0.717) is 0 Å². The lowest BCUT2D eigenvalue weighted by Gasteiger charge is -2.30. The Morgan fingerprint density at radius 1 is 1.24 bits per heavy atom. The summed E-state index contributed by atoms with van der Waals surface area (Å²) in [5.74, 6) is 0. The molecule has 3 rings (SSSR count). The molecule has 0 unspecified atom stereocenters.